The van der Waals surface area contributed by atoms with Gasteiger partial charge in [-0.05, 0) is 40.2 Å². The van der Waals surface area contributed by atoms with Crippen LogP contribution in [0.2, 0.25) is 0 Å². The Hall–Kier alpha value is -1.23. The van der Waals surface area contributed by atoms with Gasteiger partial charge in [0.05, 0.1) is 7.11 Å². The van der Waals surface area contributed by atoms with E-state index in [2.05, 4.69) is 21.1 Å². The molecule has 1 aliphatic rings. The van der Waals surface area contributed by atoms with E-state index >= 15 is 0 Å². The van der Waals surface area contributed by atoms with Gasteiger partial charge >= 0.3 is 0 Å². The molecule has 0 aliphatic carbocycles. The second-order valence-corrected chi connectivity index (χ2v) is 4.30. The molecular formula is C11H12BrNO3. The van der Waals surface area contributed by atoms with Gasteiger partial charge in [-0.3, -0.25) is 0 Å². The molecule has 0 N–H and O–H groups in total. The molecule has 0 radical (unpaired) electrons. The van der Waals surface area contributed by atoms with Crippen molar-refractivity contribution in [3.8, 4) is 11.5 Å². The summed E-state index contributed by atoms with van der Waals surface area (Å²) in [7, 11) is 1.64. The number of hydrogen-bond acceptors (Lipinski definition) is 4. The maximum atomic E-state index is 5.56. The Morgan fingerprint density at radius 1 is 1.38 bits per heavy atom. The largest absolute Gasteiger partial charge is 0.497 e. The number of methoxy groups -OCH3 is 1. The monoisotopic (exact) mass is 285 g/mol. The maximum absolute atomic E-state index is 5.56. The molecule has 1 heterocycles. The lowest BCUT2D eigenvalue weighted by Gasteiger charge is -2.10. The minimum absolute atomic E-state index is 0.00326. The first kappa shape index (κ1) is 11.3. The highest BCUT2D eigenvalue weighted by Gasteiger charge is 2.19. The summed E-state index contributed by atoms with van der Waals surface area (Å²) < 4.78 is 11.4. The fraction of sp³-hybridized carbons (Fsp3) is 0.364. The van der Waals surface area contributed by atoms with Crippen molar-refractivity contribution in [3.05, 3.63) is 24.3 Å². The van der Waals surface area contributed by atoms with E-state index in [0.29, 0.717) is 6.61 Å². The fourth-order valence-corrected chi connectivity index (χ4v) is 1.79. The molecule has 0 aromatic heterocycles. The lowest BCUT2D eigenvalue weighted by atomic mass is 10.3. The third-order valence-corrected chi connectivity index (χ3v) is 2.66. The van der Waals surface area contributed by atoms with E-state index in [1.165, 1.54) is 0 Å². The molecular weight excluding hydrogens is 274 g/mol. The lowest BCUT2D eigenvalue weighted by Crippen LogP contribution is -2.17. The number of halogens is 1. The quantitative estimate of drug-likeness (QED) is 0.854. The van der Waals surface area contributed by atoms with E-state index < -0.39 is 0 Å². The molecule has 1 aromatic rings. The average Bonchev–Trinajstić information content (AvgIpc) is 2.73. The number of oxime groups is 1. The van der Waals surface area contributed by atoms with Crippen LogP contribution in [0.4, 0.5) is 0 Å². The van der Waals surface area contributed by atoms with Crippen LogP contribution in [0.25, 0.3) is 0 Å². The molecule has 4 nitrogen and oxygen atoms in total. The molecule has 1 atom stereocenters. The Kier molecular flexibility index (Phi) is 3.66. The summed E-state index contributed by atoms with van der Waals surface area (Å²) in [5, 5.41) is 3.79. The Bertz CT molecular complexity index is 377. The molecule has 0 amide bonds. The third-order valence-electron chi connectivity index (χ3n) is 2.19. The molecule has 0 unspecified atom stereocenters. The molecule has 0 saturated heterocycles. The first-order chi connectivity index (χ1) is 7.78. The van der Waals surface area contributed by atoms with Crippen LogP contribution in [0, 0.1) is 0 Å². The van der Waals surface area contributed by atoms with Crippen molar-refractivity contribution in [1.29, 1.82) is 0 Å². The van der Waals surface area contributed by atoms with Gasteiger partial charge in [-0.1, -0.05) is 5.16 Å². The van der Waals surface area contributed by atoms with Gasteiger partial charge in [0.2, 0.25) is 0 Å². The zero-order valence-electron chi connectivity index (χ0n) is 8.85. The highest BCUT2D eigenvalue weighted by atomic mass is 79.9. The zero-order valence-corrected chi connectivity index (χ0v) is 10.4. The van der Waals surface area contributed by atoms with Crippen molar-refractivity contribution in [2.75, 3.05) is 13.7 Å². The molecule has 86 valence electrons. The normalized spacial score (nSPS) is 18.9. The summed E-state index contributed by atoms with van der Waals surface area (Å²) in [5.41, 5.74) is 0. The van der Waals surface area contributed by atoms with Crippen molar-refractivity contribution in [3.63, 3.8) is 0 Å². The predicted octanol–water partition coefficient (Wildman–Crippen LogP) is 2.57. The lowest BCUT2D eigenvalue weighted by molar-refractivity contribution is 0.0471. The van der Waals surface area contributed by atoms with E-state index in [-0.39, 0.29) is 6.10 Å². The van der Waals surface area contributed by atoms with E-state index in [9.17, 15) is 0 Å². The molecule has 2 rings (SSSR count). The van der Waals surface area contributed by atoms with E-state index in [1.807, 2.05) is 24.3 Å². The van der Waals surface area contributed by atoms with Gasteiger partial charge in [-0.25, -0.2) is 0 Å². The Labute approximate surface area is 102 Å². The molecule has 1 aromatic carbocycles. The van der Waals surface area contributed by atoms with Crippen LogP contribution in [0.15, 0.2) is 29.4 Å². The summed E-state index contributed by atoms with van der Waals surface area (Å²) in [6, 6.07) is 7.45. The highest BCUT2D eigenvalue weighted by Crippen LogP contribution is 2.19. The van der Waals surface area contributed by atoms with Crippen LogP contribution in [-0.4, -0.2) is 24.4 Å². The number of rotatable bonds is 4. The van der Waals surface area contributed by atoms with Gasteiger partial charge < -0.3 is 14.3 Å². The summed E-state index contributed by atoms with van der Waals surface area (Å²) in [6.07, 6.45) is 0.757. The number of nitrogens with zero attached hydrogens (tertiary/aromatic N) is 1. The van der Waals surface area contributed by atoms with Gasteiger partial charge in [0.15, 0.2) is 6.10 Å². The van der Waals surface area contributed by atoms with Crippen LogP contribution in [0.5, 0.6) is 11.5 Å². The van der Waals surface area contributed by atoms with Gasteiger partial charge in [-0.15, -0.1) is 0 Å². The number of hydrogen-bond donors (Lipinski definition) is 0. The molecule has 0 bridgehead atoms. The number of benzene rings is 1. The number of ether oxygens (including phenoxy) is 2. The van der Waals surface area contributed by atoms with E-state index in [1.54, 1.807) is 7.11 Å². The minimum atomic E-state index is -0.00326. The first-order valence-corrected chi connectivity index (χ1v) is 5.72. The summed E-state index contributed by atoms with van der Waals surface area (Å²) in [6.45, 7) is 0.491. The Balaban J connectivity index is 1.81. The van der Waals surface area contributed by atoms with Gasteiger partial charge in [0, 0.05) is 6.42 Å². The highest BCUT2D eigenvalue weighted by molar-refractivity contribution is 9.18. The van der Waals surface area contributed by atoms with Crippen molar-refractivity contribution in [1.82, 2.24) is 0 Å². The van der Waals surface area contributed by atoms with E-state index in [4.69, 9.17) is 14.3 Å². The third kappa shape index (κ3) is 2.88. The predicted molar refractivity (Wildman–Crippen MR) is 64.3 cm³/mol. The summed E-state index contributed by atoms with van der Waals surface area (Å²) in [4.78, 5) is 5.12. The minimum Gasteiger partial charge on any atom is -0.497 e. The van der Waals surface area contributed by atoms with Gasteiger partial charge in [-0.2, -0.15) is 0 Å². The molecule has 16 heavy (non-hydrogen) atoms. The maximum Gasteiger partial charge on any atom is 0.167 e. The SMILES string of the molecule is COc1ccc(OC[C@@H]2CC(Br)=NO2)cc1. The molecule has 0 fully saturated rings. The average molecular weight is 286 g/mol. The van der Waals surface area contributed by atoms with Crippen LogP contribution in [0.1, 0.15) is 6.42 Å². The first-order valence-electron chi connectivity index (χ1n) is 4.93. The summed E-state index contributed by atoms with van der Waals surface area (Å²) >= 11 is 3.28. The van der Waals surface area contributed by atoms with Crippen LogP contribution in [0.3, 0.4) is 0 Å². The molecule has 0 saturated carbocycles. The molecule has 0 spiro atoms. The van der Waals surface area contributed by atoms with Crippen LogP contribution < -0.4 is 9.47 Å². The smallest absolute Gasteiger partial charge is 0.167 e. The zero-order chi connectivity index (χ0) is 11.4. The molecule has 1 aliphatic heterocycles. The standard InChI is InChI=1S/C11H12BrNO3/c1-14-8-2-4-9(5-3-8)15-7-10-6-11(12)13-16-10/h2-5,10H,6-7H2,1H3/t10-/m0/s1. The summed E-state index contributed by atoms with van der Waals surface area (Å²) in [5.74, 6) is 1.61. The van der Waals surface area contributed by atoms with Crippen LogP contribution in [-0.2, 0) is 4.84 Å². The fourth-order valence-electron chi connectivity index (χ4n) is 1.34. The Morgan fingerprint density at radius 2 is 2.06 bits per heavy atom. The van der Waals surface area contributed by atoms with Crippen molar-refractivity contribution < 1.29 is 14.3 Å². The topological polar surface area (TPSA) is 40.0 Å². The molecule has 5 heteroatoms. The van der Waals surface area contributed by atoms with Gasteiger partial charge in [0.1, 0.15) is 22.7 Å². The van der Waals surface area contributed by atoms with Crippen molar-refractivity contribution in [2.45, 2.75) is 12.5 Å². The van der Waals surface area contributed by atoms with Crippen molar-refractivity contribution in [2.24, 2.45) is 5.16 Å². The van der Waals surface area contributed by atoms with E-state index in [0.717, 1.165) is 22.5 Å². The Morgan fingerprint density at radius 3 is 2.62 bits per heavy atom. The van der Waals surface area contributed by atoms with Crippen LogP contribution >= 0.6 is 15.9 Å². The van der Waals surface area contributed by atoms with Crippen molar-refractivity contribution >= 4 is 20.6 Å². The second-order valence-electron chi connectivity index (χ2n) is 3.39. The van der Waals surface area contributed by atoms with Gasteiger partial charge in [0.25, 0.3) is 0 Å². The second kappa shape index (κ2) is 5.21.